The van der Waals surface area contributed by atoms with Gasteiger partial charge in [-0.15, -0.1) is 11.3 Å². The van der Waals surface area contributed by atoms with Crippen molar-refractivity contribution in [2.24, 2.45) is 0 Å². The van der Waals surface area contributed by atoms with Gasteiger partial charge in [-0.25, -0.2) is 9.97 Å². The first-order valence-corrected chi connectivity index (χ1v) is 15.3. The van der Waals surface area contributed by atoms with Gasteiger partial charge in [-0.2, -0.15) is 9.97 Å². The molecule has 0 bridgehead atoms. The SMILES string of the molecule is CC1(C)c2ccccc2-c2ccc(-c3nc(-c4ccc5scnc5c4)nc(-n4c5ccccc5c5ccccc54)n3)cc21. The van der Waals surface area contributed by atoms with Gasteiger partial charge in [0.15, 0.2) is 11.6 Å². The van der Waals surface area contributed by atoms with Crippen molar-refractivity contribution in [2.45, 2.75) is 19.3 Å². The zero-order chi connectivity index (χ0) is 28.7. The third-order valence-corrected chi connectivity index (χ3v) is 9.64. The maximum absolute atomic E-state index is 5.17. The Morgan fingerprint density at radius 1 is 0.605 bits per heavy atom. The number of fused-ring (bicyclic) bond motifs is 7. The Hall–Kier alpha value is -5.20. The van der Waals surface area contributed by atoms with Crippen molar-refractivity contribution in [3.05, 3.63) is 126 Å². The van der Waals surface area contributed by atoms with Crippen LogP contribution in [0.2, 0.25) is 0 Å². The lowest BCUT2D eigenvalue weighted by Gasteiger charge is -2.21. The molecule has 0 N–H and O–H groups in total. The van der Waals surface area contributed by atoms with Gasteiger partial charge in [-0.05, 0) is 58.7 Å². The van der Waals surface area contributed by atoms with Crippen LogP contribution in [0.4, 0.5) is 0 Å². The summed E-state index contributed by atoms with van der Waals surface area (Å²) in [5.41, 5.74) is 11.9. The average molecular weight is 572 g/mol. The lowest BCUT2D eigenvalue weighted by atomic mass is 9.82. The van der Waals surface area contributed by atoms with Crippen molar-refractivity contribution in [1.82, 2.24) is 24.5 Å². The molecule has 0 atom stereocenters. The van der Waals surface area contributed by atoms with Gasteiger partial charge in [0.2, 0.25) is 5.95 Å². The van der Waals surface area contributed by atoms with E-state index in [0.717, 1.165) is 32.4 Å². The van der Waals surface area contributed by atoms with Crippen LogP contribution < -0.4 is 0 Å². The Kier molecular flexibility index (Phi) is 5.05. The predicted molar refractivity (Wildman–Crippen MR) is 176 cm³/mol. The third kappa shape index (κ3) is 3.57. The molecule has 9 rings (SSSR count). The van der Waals surface area contributed by atoms with Crippen LogP contribution in [0.1, 0.15) is 25.0 Å². The van der Waals surface area contributed by atoms with Crippen LogP contribution in [0.3, 0.4) is 0 Å². The fourth-order valence-corrected chi connectivity index (χ4v) is 7.36. The van der Waals surface area contributed by atoms with Crippen molar-refractivity contribution in [1.29, 1.82) is 0 Å². The van der Waals surface area contributed by atoms with Crippen LogP contribution in [0, 0.1) is 0 Å². The van der Waals surface area contributed by atoms with Gasteiger partial charge < -0.3 is 0 Å². The lowest BCUT2D eigenvalue weighted by molar-refractivity contribution is 0.660. The van der Waals surface area contributed by atoms with Crippen molar-refractivity contribution in [2.75, 3.05) is 0 Å². The van der Waals surface area contributed by atoms with E-state index < -0.39 is 0 Å². The predicted octanol–water partition coefficient (Wildman–Crippen LogP) is 9.22. The molecular formula is C37H25N5S. The first-order valence-electron chi connectivity index (χ1n) is 14.4. The second-order valence-electron chi connectivity index (χ2n) is 11.6. The quantitative estimate of drug-likeness (QED) is 0.212. The number of rotatable bonds is 3. The summed E-state index contributed by atoms with van der Waals surface area (Å²) in [6, 6.07) is 38.5. The Morgan fingerprint density at radius 3 is 2.00 bits per heavy atom. The monoisotopic (exact) mass is 571 g/mol. The molecule has 204 valence electrons. The van der Waals surface area contributed by atoms with Crippen LogP contribution in [0.15, 0.2) is 115 Å². The highest BCUT2D eigenvalue weighted by Gasteiger charge is 2.35. The Morgan fingerprint density at radius 2 is 1.23 bits per heavy atom. The normalized spacial score (nSPS) is 13.5. The Labute approximate surface area is 252 Å². The molecular weight excluding hydrogens is 547 g/mol. The molecule has 0 aliphatic heterocycles. The van der Waals surface area contributed by atoms with Crippen LogP contribution in [-0.4, -0.2) is 24.5 Å². The van der Waals surface area contributed by atoms with Crippen molar-refractivity contribution in [3.8, 4) is 39.9 Å². The summed E-state index contributed by atoms with van der Waals surface area (Å²) in [6.07, 6.45) is 0. The van der Waals surface area contributed by atoms with Crippen LogP contribution >= 0.6 is 11.3 Å². The number of thiazole rings is 1. The number of para-hydroxylation sites is 2. The molecule has 0 radical (unpaired) electrons. The summed E-state index contributed by atoms with van der Waals surface area (Å²) in [4.78, 5) is 19.9. The molecule has 5 nitrogen and oxygen atoms in total. The van der Waals surface area contributed by atoms with E-state index in [1.54, 1.807) is 11.3 Å². The molecule has 0 spiro atoms. The topological polar surface area (TPSA) is 56.5 Å². The smallest absolute Gasteiger partial charge is 0.238 e. The van der Waals surface area contributed by atoms with Crippen molar-refractivity contribution in [3.63, 3.8) is 0 Å². The number of aromatic nitrogens is 5. The second-order valence-corrected chi connectivity index (χ2v) is 12.5. The average Bonchev–Trinajstić information content (AvgIpc) is 3.72. The van der Waals surface area contributed by atoms with Gasteiger partial charge in [0.05, 0.1) is 26.8 Å². The zero-order valence-electron chi connectivity index (χ0n) is 23.6. The summed E-state index contributed by atoms with van der Waals surface area (Å²) >= 11 is 1.63. The van der Waals surface area contributed by atoms with E-state index in [-0.39, 0.29) is 5.41 Å². The molecule has 0 amide bonds. The highest BCUT2D eigenvalue weighted by molar-refractivity contribution is 7.16. The molecule has 5 aromatic carbocycles. The van der Waals surface area contributed by atoms with E-state index in [9.17, 15) is 0 Å². The maximum Gasteiger partial charge on any atom is 0.238 e. The molecule has 0 saturated carbocycles. The summed E-state index contributed by atoms with van der Waals surface area (Å²) in [5, 5.41) is 2.34. The van der Waals surface area contributed by atoms with Crippen molar-refractivity contribution >= 4 is 43.4 Å². The van der Waals surface area contributed by atoms with Gasteiger partial charge in [-0.1, -0.05) is 86.6 Å². The molecule has 43 heavy (non-hydrogen) atoms. The molecule has 6 heteroatoms. The number of benzene rings is 5. The van der Waals surface area contributed by atoms with Gasteiger partial charge in [-0.3, -0.25) is 4.57 Å². The molecule has 3 aromatic heterocycles. The molecule has 8 aromatic rings. The standard InChI is InChI=1S/C37H25N5S/c1-37(2)28-12-6-3-9-24(28)25-17-15-22(19-29(25)37)34-39-35(23-16-18-33-30(20-23)38-21-43-33)41-36(40-34)42-31-13-7-4-10-26(31)27-11-5-8-14-32(27)42/h3-21H,1-2H3. The van der Waals surface area contributed by atoms with Crippen LogP contribution in [-0.2, 0) is 5.41 Å². The summed E-state index contributed by atoms with van der Waals surface area (Å²) in [7, 11) is 0. The minimum absolute atomic E-state index is 0.122. The molecule has 0 unspecified atom stereocenters. The summed E-state index contributed by atoms with van der Waals surface area (Å²) in [5.74, 6) is 1.87. The summed E-state index contributed by atoms with van der Waals surface area (Å²) < 4.78 is 3.30. The minimum Gasteiger partial charge on any atom is -0.278 e. The van der Waals surface area contributed by atoms with E-state index in [1.165, 1.54) is 33.0 Å². The fourth-order valence-electron chi connectivity index (χ4n) is 6.70. The number of nitrogens with zero attached hydrogens (tertiary/aromatic N) is 5. The van der Waals surface area contributed by atoms with E-state index >= 15 is 0 Å². The lowest BCUT2D eigenvalue weighted by Crippen LogP contribution is -2.15. The molecule has 1 aliphatic carbocycles. The zero-order valence-corrected chi connectivity index (χ0v) is 24.4. The van der Waals surface area contributed by atoms with Gasteiger partial charge in [0.25, 0.3) is 0 Å². The number of hydrogen-bond acceptors (Lipinski definition) is 5. The van der Waals surface area contributed by atoms with Gasteiger partial charge in [0, 0.05) is 27.3 Å². The molecule has 3 heterocycles. The fraction of sp³-hybridized carbons (Fsp3) is 0.0811. The van der Waals surface area contributed by atoms with Gasteiger partial charge in [0.1, 0.15) is 0 Å². The summed E-state index contributed by atoms with van der Waals surface area (Å²) in [6.45, 7) is 4.60. The molecule has 0 fully saturated rings. The Balaban J connectivity index is 1.31. The maximum atomic E-state index is 5.17. The molecule has 1 aliphatic rings. The molecule has 0 saturated heterocycles. The van der Waals surface area contributed by atoms with E-state index in [1.807, 2.05) is 5.51 Å². The minimum atomic E-state index is -0.122. The van der Waals surface area contributed by atoms with Crippen LogP contribution in [0.5, 0.6) is 0 Å². The Bertz CT molecular complexity index is 2340. The van der Waals surface area contributed by atoms with E-state index in [0.29, 0.717) is 17.6 Å². The van der Waals surface area contributed by atoms with E-state index in [2.05, 4.69) is 133 Å². The van der Waals surface area contributed by atoms with E-state index in [4.69, 9.17) is 15.0 Å². The second kappa shape index (κ2) is 8.90. The van der Waals surface area contributed by atoms with Gasteiger partial charge >= 0.3 is 0 Å². The van der Waals surface area contributed by atoms with Crippen LogP contribution in [0.25, 0.3) is 71.9 Å². The first kappa shape index (κ1) is 24.4. The first-order chi connectivity index (χ1) is 21.1. The third-order valence-electron chi connectivity index (χ3n) is 8.83. The highest BCUT2D eigenvalue weighted by atomic mass is 32.1. The largest absolute Gasteiger partial charge is 0.278 e. The number of hydrogen-bond donors (Lipinski definition) is 0. The highest BCUT2D eigenvalue weighted by Crippen LogP contribution is 2.49. The van der Waals surface area contributed by atoms with Crippen molar-refractivity contribution < 1.29 is 0 Å².